The van der Waals surface area contributed by atoms with Crippen LogP contribution in [-0.2, 0) is 5.75 Å². The van der Waals surface area contributed by atoms with Gasteiger partial charge in [-0.3, -0.25) is 20.3 Å². The van der Waals surface area contributed by atoms with Crippen molar-refractivity contribution in [2.45, 2.75) is 17.8 Å². The normalized spacial score (nSPS) is 10.5. The van der Waals surface area contributed by atoms with Crippen molar-refractivity contribution in [3.8, 4) is 0 Å². The lowest BCUT2D eigenvalue weighted by Crippen LogP contribution is -2.25. The van der Waals surface area contributed by atoms with Crippen LogP contribution >= 0.6 is 11.8 Å². The third kappa shape index (κ3) is 3.89. The molecule has 26 heavy (non-hydrogen) atoms. The Bertz CT molecular complexity index is 943. The average Bonchev–Trinajstić information content (AvgIpc) is 3.00. The van der Waals surface area contributed by atoms with Gasteiger partial charge in [0.15, 0.2) is 0 Å². The van der Waals surface area contributed by atoms with Crippen LogP contribution in [0.15, 0.2) is 59.8 Å². The van der Waals surface area contributed by atoms with E-state index in [4.69, 9.17) is 0 Å². The zero-order chi connectivity index (χ0) is 18.5. The quantitative estimate of drug-likeness (QED) is 0.407. The molecule has 3 aromatic rings. The number of nitrogens with one attached hydrogen (secondary N) is 1. The summed E-state index contributed by atoms with van der Waals surface area (Å²) in [6.07, 6.45) is 0. The van der Waals surface area contributed by atoms with Crippen LogP contribution in [0.2, 0.25) is 0 Å². The molecule has 0 aliphatic rings. The Morgan fingerprint density at radius 3 is 2.58 bits per heavy atom. The SMILES string of the molecule is Cc1nnc(SCc2ccccc2)n1NC(=O)c1ccccc1[N+](=O)[O-]. The number of carbonyl (C=O) groups excluding carboxylic acids is 1. The summed E-state index contributed by atoms with van der Waals surface area (Å²) in [6.45, 7) is 1.69. The van der Waals surface area contributed by atoms with Crippen molar-refractivity contribution in [3.63, 3.8) is 0 Å². The minimum atomic E-state index is -0.596. The molecule has 0 saturated carbocycles. The molecule has 0 fully saturated rings. The number of para-hydroxylation sites is 1. The number of nitrogens with zero attached hydrogens (tertiary/aromatic N) is 4. The largest absolute Gasteiger partial charge is 0.282 e. The van der Waals surface area contributed by atoms with Gasteiger partial charge in [-0.15, -0.1) is 10.2 Å². The lowest BCUT2D eigenvalue weighted by molar-refractivity contribution is -0.385. The van der Waals surface area contributed by atoms with Gasteiger partial charge in [-0.25, -0.2) is 4.68 Å². The number of hydrogen-bond donors (Lipinski definition) is 1. The first-order valence-corrected chi connectivity index (χ1v) is 8.68. The van der Waals surface area contributed by atoms with E-state index < -0.39 is 10.8 Å². The molecular formula is C17H15N5O3S. The summed E-state index contributed by atoms with van der Waals surface area (Å²) in [7, 11) is 0. The summed E-state index contributed by atoms with van der Waals surface area (Å²) in [4.78, 5) is 23.0. The summed E-state index contributed by atoms with van der Waals surface area (Å²) in [6, 6.07) is 15.6. The first-order valence-electron chi connectivity index (χ1n) is 7.70. The zero-order valence-corrected chi connectivity index (χ0v) is 14.6. The van der Waals surface area contributed by atoms with E-state index in [0.29, 0.717) is 16.7 Å². The zero-order valence-electron chi connectivity index (χ0n) is 13.8. The fourth-order valence-corrected chi connectivity index (χ4v) is 3.17. The first-order chi connectivity index (χ1) is 12.6. The monoisotopic (exact) mass is 369 g/mol. The van der Waals surface area contributed by atoms with Crippen LogP contribution in [0.3, 0.4) is 0 Å². The maximum Gasteiger partial charge on any atom is 0.282 e. The molecular weight excluding hydrogens is 354 g/mol. The van der Waals surface area contributed by atoms with Gasteiger partial charge < -0.3 is 0 Å². The molecule has 8 nitrogen and oxygen atoms in total. The molecule has 1 N–H and O–H groups in total. The fraction of sp³-hybridized carbons (Fsp3) is 0.118. The molecule has 0 aliphatic heterocycles. The summed E-state index contributed by atoms with van der Waals surface area (Å²) < 4.78 is 1.44. The number of hydrogen-bond acceptors (Lipinski definition) is 6. The van der Waals surface area contributed by atoms with E-state index >= 15 is 0 Å². The molecule has 0 saturated heterocycles. The Morgan fingerprint density at radius 2 is 1.85 bits per heavy atom. The first kappa shape index (κ1) is 17.6. The van der Waals surface area contributed by atoms with Gasteiger partial charge in [0, 0.05) is 11.8 Å². The molecule has 0 spiro atoms. The Balaban J connectivity index is 1.79. The Kier molecular flexibility index (Phi) is 5.28. The van der Waals surface area contributed by atoms with E-state index in [2.05, 4.69) is 15.6 Å². The van der Waals surface area contributed by atoms with Crippen LogP contribution in [0.25, 0.3) is 0 Å². The third-order valence-corrected chi connectivity index (χ3v) is 4.56. The van der Waals surface area contributed by atoms with Crippen molar-refractivity contribution in [1.29, 1.82) is 0 Å². The molecule has 1 aromatic heterocycles. The van der Waals surface area contributed by atoms with Crippen molar-refractivity contribution >= 4 is 23.4 Å². The van der Waals surface area contributed by atoms with Crippen LogP contribution in [-0.4, -0.2) is 25.7 Å². The smallest absolute Gasteiger partial charge is 0.267 e. The molecule has 9 heteroatoms. The summed E-state index contributed by atoms with van der Waals surface area (Å²) in [5, 5.41) is 19.6. The van der Waals surface area contributed by atoms with E-state index in [9.17, 15) is 14.9 Å². The minimum Gasteiger partial charge on any atom is -0.267 e. The minimum absolute atomic E-state index is 0.0235. The number of amides is 1. The molecule has 132 valence electrons. The van der Waals surface area contributed by atoms with Crippen LogP contribution < -0.4 is 5.43 Å². The number of thioether (sulfide) groups is 1. The van der Waals surface area contributed by atoms with Crippen molar-refractivity contribution in [2.75, 3.05) is 5.43 Å². The van der Waals surface area contributed by atoms with Crippen molar-refractivity contribution in [1.82, 2.24) is 14.9 Å². The number of carbonyl (C=O) groups is 1. The van der Waals surface area contributed by atoms with Gasteiger partial charge in [0.25, 0.3) is 11.6 Å². The Labute approximate surface area is 153 Å². The molecule has 1 amide bonds. The highest BCUT2D eigenvalue weighted by Crippen LogP contribution is 2.22. The van der Waals surface area contributed by atoms with Crippen molar-refractivity contribution < 1.29 is 9.72 Å². The van der Waals surface area contributed by atoms with Gasteiger partial charge in [0.1, 0.15) is 11.4 Å². The van der Waals surface area contributed by atoms with Crippen LogP contribution in [0, 0.1) is 17.0 Å². The molecule has 0 unspecified atom stereocenters. The van der Waals surface area contributed by atoms with Gasteiger partial charge in [-0.1, -0.05) is 54.2 Å². The molecule has 2 aromatic carbocycles. The highest BCUT2D eigenvalue weighted by atomic mass is 32.2. The van der Waals surface area contributed by atoms with Crippen LogP contribution in [0.4, 0.5) is 5.69 Å². The second kappa shape index (κ2) is 7.79. The third-order valence-electron chi connectivity index (χ3n) is 3.56. The van der Waals surface area contributed by atoms with E-state index in [1.807, 2.05) is 30.3 Å². The summed E-state index contributed by atoms with van der Waals surface area (Å²) >= 11 is 1.41. The van der Waals surface area contributed by atoms with Gasteiger partial charge >= 0.3 is 0 Å². The number of aromatic nitrogens is 3. The number of benzene rings is 2. The predicted octanol–water partition coefficient (Wildman–Crippen LogP) is 3.17. The van der Waals surface area contributed by atoms with E-state index in [1.165, 1.54) is 34.6 Å². The molecule has 0 atom stereocenters. The lowest BCUT2D eigenvalue weighted by atomic mass is 10.2. The average molecular weight is 369 g/mol. The number of aryl methyl sites for hydroxylation is 1. The number of rotatable bonds is 6. The van der Waals surface area contributed by atoms with Gasteiger partial charge in [-0.2, -0.15) is 0 Å². The second-order valence-electron chi connectivity index (χ2n) is 5.35. The maximum absolute atomic E-state index is 12.5. The van der Waals surface area contributed by atoms with Gasteiger partial charge in [0.2, 0.25) is 5.16 Å². The second-order valence-corrected chi connectivity index (χ2v) is 6.30. The lowest BCUT2D eigenvalue weighted by Gasteiger charge is -2.10. The van der Waals surface area contributed by atoms with Crippen molar-refractivity contribution in [2.24, 2.45) is 0 Å². The molecule has 0 radical (unpaired) electrons. The topological polar surface area (TPSA) is 103 Å². The van der Waals surface area contributed by atoms with Crippen LogP contribution in [0.1, 0.15) is 21.7 Å². The highest BCUT2D eigenvalue weighted by molar-refractivity contribution is 7.98. The molecule has 1 heterocycles. The Hall–Kier alpha value is -3.20. The van der Waals surface area contributed by atoms with Gasteiger partial charge in [0.05, 0.1) is 4.92 Å². The summed E-state index contributed by atoms with van der Waals surface area (Å²) in [5.41, 5.74) is 3.46. The maximum atomic E-state index is 12.5. The summed E-state index contributed by atoms with van der Waals surface area (Å²) in [5.74, 6) is 0.537. The predicted molar refractivity (Wildman–Crippen MR) is 97.5 cm³/mol. The van der Waals surface area contributed by atoms with E-state index in [-0.39, 0.29) is 11.3 Å². The standard InChI is InChI=1S/C17H15N5O3S/c1-12-18-19-17(26-11-13-7-3-2-4-8-13)21(12)20-16(23)14-9-5-6-10-15(14)22(24)25/h2-10H,11H2,1H3,(H,20,23). The van der Waals surface area contributed by atoms with Gasteiger partial charge in [-0.05, 0) is 18.6 Å². The molecule has 3 rings (SSSR count). The highest BCUT2D eigenvalue weighted by Gasteiger charge is 2.21. The molecule has 0 aliphatic carbocycles. The van der Waals surface area contributed by atoms with E-state index in [0.717, 1.165) is 5.56 Å². The Morgan fingerprint density at radius 1 is 1.15 bits per heavy atom. The molecule has 0 bridgehead atoms. The van der Waals surface area contributed by atoms with Crippen molar-refractivity contribution in [3.05, 3.63) is 81.7 Å². The number of nitro benzene ring substituents is 1. The van der Waals surface area contributed by atoms with Crippen LogP contribution in [0.5, 0.6) is 0 Å². The van der Waals surface area contributed by atoms with E-state index in [1.54, 1.807) is 13.0 Å². The fourth-order valence-electron chi connectivity index (χ4n) is 2.27. The number of nitro groups is 1.